The van der Waals surface area contributed by atoms with Gasteiger partial charge in [0.2, 0.25) is 11.8 Å². The first kappa shape index (κ1) is 11.0. The van der Waals surface area contributed by atoms with Crippen molar-refractivity contribution in [3.8, 4) is 0 Å². The van der Waals surface area contributed by atoms with E-state index < -0.39 is 0 Å². The average Bonchev–Trinajstić information content (AvgIpc) is 2.64. The molecule has 1 aliphatic carbocycles. The average molecular weight is 242 g/mol. The fraction of sp³-hybridized carbons (Fsp3) is 0.286. The summed E-state index contributed by atoms with van der Waals surface area (Å²) < 4.78 is 0. The number of imide groups is 1. The minimum Gasteiger partial charge on any atom is -0.399 e. The van der Waals surface area contributed by atoms with Crippen molar-refractivity contribution in [2.75, 3.05) is 10.6 Å². The summed E-state index contributed by atoms with van der Waals surface area (Å²) in [6.45, 7) is 0. The van der Waals surface area contributed by atoms with Crippen LogP contribution in [0.2, 0.25) is 0 Å². The van der Waals surface area contributed by atoms with Crippen LogP contribution in [0.5, 0.6) is 0 Å². The Hall–Kier alpha value is -2.10. The highest BCUT2D eigenvalue weighted by Gasteiger charge is 2.47. The summed E-state index contributed by atoms with van der Waals surface area (Å²) in [7, 11) is 0. The molecule has 2 atom stereocenters. The lowest BCUT2D eigenvalue weighted by Crippen LogP contribution is -2.30. The SMILES string of the molecule is Nc1ccc(N2C(=O)[C@H]3CC=CC[C@H]3C2=O)cc1. The summed E-state index contributed by atoms with van der Waals surface area (Å²) in [5.74, 6) is -0.529. The topological polar surface area (TPSA) is 63.4 Å². The molecule has 4 heteroatoms. The number of hydrogen-bond acceptors (Lipinski definition) is 3. The van der Waals surface area contributed by atoms with Crippen LogP contribution in [-0.4, -0.2) is 11.8 Å². The van der Waals surface area contributed by atoms with E-state index in [0.29, 0.717) is 24.2 Å². The van der Waals surface area contributed by atoms with Crippen molar-refractivity contribution in [3.05, 3.63) is 36.4 Å². The number of anilines is 2. The van der Waals surface area contributed by atoms with Gasteiger partial charge in [-0.15, -0.1) is 0 Å². The second kappa shape index (κ2) is 3.98. The van der Waals surface area contributed by atoms with E-state index >= 15 is 0 Å². The summed E-state index contributed by atoms with van der Waals surface area (Å²) in [5.41, 5.74) is 6.85. The Morgan fingerprint density at radius 3 is 1.94 bits per heavy atom. The molecule has 2 amide bonds. The minimum absolute atomic E-state index is 0.0841. The van der Waals surface area contributed by atoms with Gasteiger partial charge in [0.25, 0.3) is 0 Å². The number of carbonyl (C=O) groups excluding carboxylic acids is 2. The van der Waals surface area contributed by atoms with Crippen LogP contribution in [-0.2, 0) is 9.59 Å². The molecular formula is C14H14N2O2. The highest BCUT2D eigenvalue weighted by atomic mass is 16.2. The van der Waals surface area contributed by atoms with Gasteiger partial charge in [-0.2, -0.15) is 0 Å². The van der Waals surface area contributed by atoms with Gasteiger partial charge in [0.05, 0.1) is 17.5 Å². The summed E-state index contributed by atoms with van der Waals surface area (Å²) in [4.78, 5) is 25.9. The fourth-order valence-corrected chi connectivity index (χ4v) is 2.68. The van der Waals surface area contributed by atoms with E-state index in [1.807, 2.05) is 12.2 Å². The van der Waals surface area contributed by atoms with Crippen LogP contribution in [0.1, 0.15) is 12.8 Å². The summed E-state index contributed by atoms with van der Waals surface area (Å²) in [6.07, 6.45) is 5.30. The summed E-state index contributed by atoms with van der Waals surface area (Å²) >= 11 is 0. The first-order valence-electron chi connectivity index (χ1n) is 6.07. The van der Waals surface area contributed by atoms with Crippen LogP contribution in [0.25, 0.3) is 0 Å². The third kappa shape index (κ3) is 1.53. The standard InChI is InChI=1S/C14H14N2O2/c15-9-5-7-10(8-6-9)16-13(17)11-3-1-2-4-12(11)14(16)18/h1-2,5-8,11-12H,3-4,15H2/t11-,12+. The zero-order valence-corrected chi connectivity index (χ0v) is 9.87. The molecule has 0 aromatic heterocycles. The quantitative estimate of drug-likeness (QED) is 0.463. The number of nitrogens with two attached hydrogens (primary N) is 1. The Morgan fingerprint density at radius 1 is 0.944 bits per heavy atom. The molecule has 18 heavy (non-hydrogen) atoms. The van der Waals surface area contributed by atoms with E-state index in [2.05, 4.69) is 0 Å². The molecule has 4 nitrogen and oxygen atoms in total. The van der Waals surface area contributed by atoms with E-state index in [4.69, 9.17) is 5.73 Å². The Balaban J connectivity index is 1.96. The van der Waals surface area contributed by atoms with Gasteiger partial charge in [0.1, 0.15) is 0 Å². The Kier molecular flexibility index (Phi) is 2.44. The van der Waals surface area contributed by atoms with E-state index in [0.717, 1.165) is 0 Å². The number of allylic oxidation sites excluding steroid dienone is 2. The van der Waals surface area contributed by atoms with E-state index in [-0.39, 0.29) is 23.7 Å². The van der Waals surface area contributed by atoms with Crippen LogP contribution < -0.4 is 10.6 Å². The van der Waals surface area contributed by atoms with Crippen molar-refractivity contribution in [3.63, 3.8) is 0 Å². The molecule has 0 bridgehead atoms. The lowest BCUT2D eigenvalue weighted by atomic mass is 9.85. The van der Waals surface area contributed by atoms with Crippen LogP contribution in [0.4, 0.5) is 11.4 Å². The molecule has 2 aliphatic rings. The second-order valence-corrected chi connectivity index (χ2v) is 4.76. The summed E-state index contributed by atoms with van der Waals surface area (Å²) in [6, 6.07) is 6.85. The monoisotopic (exact) mass is 242 g/mol. The van der Waals surface area contributed by atoms with Crippen molar-refractivity contribution in [1.82, 2.24) is 0 Å². The first-order valence-corrected chi connectivity index (χ1v) is 6.07. The fourth-order valence-electron chi connectivity index (χ4n) is 2.68. The van der Waals surface area contributed by atoms with Gasteiger partial charge in [-0.25, -0.2) is 0 Å². The van der Waals surface area contributed by atoms with Crippen molar-refractivity contribution in [2.45, 2.75) is 12.8 Å². The molecule has 0 saturated carbocycles. The van der Waals surface area contributed by atoms with Gasteiger partial charge in [-0.1, -0.05) is 12.2 Å². The van der Waals surface area contributed by atoms with Gasteiger partial charge in [0.15, 0.2) is 0 Å². The maximum absolute atomic E-state index is 12.3. The molecule has 0 spiro atoms. The van der Waals surface area contributed by atoms with Crippen molar-refractivity contribution >= 4 is 23.2 Å². The molecule has 1 aliphatic heterocycles. The Labute approximate surface area is 105 Å². The van der Waals surface area contributed by atoms with Crippen LogP contribution >= 0.6 is 0 Å². The van der Waals surface area contributed by atoms with E-state index in [1.54, 1.807) is 24.3 Å². The van der Waals surface area contributed by atoms with E-state index in [1.165, 1.54) is 4.90 Å². The van der Waals surface area contributed by atoms with Gasteiger partial charge in [-0.05, 0) is 37.1 Å². The smallest absolute Gasteiger partial charge is 0.238 e. The maximum atomic E-state index is 12.3. The predicted octanol–water partition coefficient (Wildman–Crippen LogP) is 1.72. The third-order valence-corrected chi connectivity index (χ3v) is 3.66. The molecule has 1 aromatic carbocycles. The maximum Gasteiger partial charge on any atom is 0.238 e. The summed E-state index contributed by atoms with van der Waals surface area (Å²) in [5, 5.41) is 0. The molecule has 0 unspecified atom stereocenters. The van der Waals surface area contributed by atoms with Crippen molar-refractivity contribution < 1.29 is 9.59 Å². The number of amides is 2. The number of nitrogens with zero attached hydrogens (tertiary/aromatic N) is 1. The highest BCUT2D eigenvalue weighted by Crippen LogP contribution is 2.37. The molecule has 1 heterocycles. The van der Waals surface area contributed by atoms with Crippen LogP contribution in [0, 0.1) is 11.8 Å². The number of carbonyl (C=O) groups is 2. The molecule has 1 fully saturated rings. The van der Waals surface area contributed by atoms with Crippen molar-refractivity contribution in [1.29, 1.82) is 0 Å². The molecular weight excluding hydrogens is 228 g/mol. The number of benzene rings is 1. The molecule has 0 radical (unpaired) electrons. The molecule has 2 N–H and O–H groups in total. The molecule has 1 aromatic rings. The molecule has 3 rings (SSSR count). The zero-order chi connectivity index (χ0) is 12.7. The largest absolute Gasteiger partial charge is 0.399 e. The molecule has 92 valence electrons. The molecule has 1 saturated heterocycles. The number of hydrogen-bond donors (Lipinski definition) is 1. The van der Waals surface area contributed by atoms with E-state index in [9.17, 15) is 9.59 Å². The third-order valence-electron chi connectivity index (χ3n) is 3.66. The van der Waals surface area contributed by atoms with Gasteiger partial charge >= 0.3 is 0 Å². The Bertz CT molecular complexity index is 507. The highest BCUT2D eigenvalue weighted by molar-refractivity contribution is 6.22. The van der Waals surface area contributed by atoms with Crippen LogP contribution in [0.3, 0.4) is 0 Å². The van der Waals surface area contributed by atoms with Crippen molar-refractivity contribution in [2.24, 2.45) is 11.8 Å². The van der Waals surface area contributed by atoms with Gasteiger partial charge < -0.3 is 5.73 Å². The van der Waals surface area contributed by atoms with Gasteiger partial charge in [0, 0.05) is 5.69 Å². The van der Waals surface area contributed by atoms with Gasteiger partial charge in [-0.3, -0.25) is 14.5 Å². The van der Waals surface area contributed by atoms with Crippen LogP contribution in [0.15, 0.2) is 36.4 Å². The number of fused-ring (bicyclic) bond motifs is 1. The first-order chi connectivity index (χ1) is 8.68. The zero-order valence-electron chi connectivity index (χ0n) is 9.87. The normalized spacial score (nSPS) is 26.6. The number of rotatable bonds is 1. The predicted molar refractivity (Wildman–Crippen MR) is 68.7 cm³/mol. The minimum atomic E-state index is -0.181. The Morgan fingerprint density at radius 2 is 1.44 bits per heavy atom. The lowest BCUT2D eigenvalue weighted by molar-refractivity contribution is -0.122. The lowest BCUT2D eigenvalue weighted by Gasteiger charge is -2.14. The second-order valence-electron chi connectivity index (χ2n) is 4.76. The number of nitrogen functional groups attached to an aromatic ring is 1.